The fraction of sp³-hybridized carbons (Fsp3) is 0.0476. The summed E-state index contributed by atoms with van der Waals surface area (Å²) in [6, 6.07) is 16.1. The van der Waals surface area contributed by atoms with Gasteiger partial charge in [0.25, 0.3) is 11.6 Å². The summed E-state index contributed by atoms with van der Waals surface area (Å²) >= 11 is 3.31. The topological polar surface area (TPSA) is 118 Å². The van der Waals surface area contributed by atoms with E-state index < -0.39 is 10.8 Å². The van der Waals surface area contributed by atoms with E-state index in [0.29, 0.717) is 17.0 Å². The Hall–Kier alpha value is -3.90. The molecule has 8 nitrogen and oxygen atoms in total. The third-order valence-electron chi connectivity index (χ3n) is 4.04. The van der Waals surface area contributed by atoms with Crippen molar-refractivity contribution in [2.24, 2.45) is 0 Å². The number of carbonyl (C=O) groups excluding carboxylic acids is 1. The predicted molar refractivity (Wildman–Crippen MR) is 114 cm³/mol. The van der Waals surface area contributed by atoms with Gasteiger partial charge in [-0.05, 0) is 42.5 Å². The summed E-state index contributed by atoms with van der Waals surface area (Å²) in [7, 11) is 1.40. The Balaban J connectivity index is 1.85. The molecule has 1 aromatic heterocycles. The van der Waals surface area contributed by atoms with Crippen LogP contribution in [0.2, 0.25) is 0 Å². The first-order chi connectivity index (χ1) is 14.4. The quantitative estimate of drug-likeness (QED) is 0.231. The molecule has 0 fully saturated rings. The fourth-order valence-corrected chi connectivity index (χ4v) is 2.86. The van der Waals surface area contributed by atoms with E-state index in [9.17, 15) is 20.2 Å². The number of nitriles is 1. The van der Waals surface area contributed by atoms with Crippen LogP contribution < -0.4 is 10.1 Å². The number of nitro groups is 1. The van der Waals surface area contributed by atoms with Crippen LogP contribution >= 0.6 is 15.9 Å². The van der Waals surface area contributed by atoms with Crippen molar-refractivity contribution in [3.63, 3.8) is 0 Å². The highest BCUT2D eigenvalue weighted by atomic mass is 79.9. The van der Waals surface area contributed by atoms with E-state index in [-0.39, 0.29) is 22.8 Å². The first kappa shape index (κ1) is 20.8. The Bertz CT molecular complexity index is 1180. The molecule has 2 aromatic carbocycles. The molecule has 0 unspecified atom stereocenters. The summed E-state index contributed by atoms with van der Waals surface area (Å²) in [6.07, 6.45) is 1.32. The Labute approximate surface area is 179 Å². The Morgan fingerprint density at radius 3 is 2.60 bits per heavy atom. The number of nitrogens with one attached hydrogen (secondary N) is 1. The maximum Gasteiger partial charge on any atom is 0.273 e. The zero-order valence-corrected chi connectivity index (χ0v) is 17.2. The lowest BCUT2D eigenvalue weighted by molar-refractivity contribution is -0.384. The van der Waals surface area contributed by atoms with E-state index in [2.05, 4.69) is 21.2 Å². The largest absolute Gasteiger partial charge is 0.496 e. The van der Waals surface area contributed by atoms with Crippen LogP contribution in [0.4, 0.5) is 11.4 Å². The Kier molecular flexibility index (Phi) is 6.29. The zero-order valence-electron chi connectivity index (χ0n) is 15.6. The number of hydrogen-bond donors (Lipinski definition) is 1. The van der Waals surface area contributed by atoms with E-state index >= 15 is 0 Å². The molecule has 0 saturated heterocycles. The summed E-state index contributed by atoms with van der Waals surface area (Å²) < 4.78 is 11.8. The number of rotatable bonds is 6. The average molecular weight is 468 g/mol. The first-order valence-electron chi connectivity index (χ1n) is 8.52. The molecule has 0 radical (unpaired) electrons. The molecule has 0 aliphatic heterocycles. The van der Waals surface area contributed by atoms with Crippen molar-refractivity contribution in [3.05, 3.63) is 80.5 Å². The standard InChI is InChI=1S/C21H14BrN3O5/c1-29-20-11-16(25(27)28)6-8-18(20)19-9-7-17(30-19)10-13(12-23)21(26)24-15-4-2-14(22)3-5-15/h2-11H,1H3,(H,24,26)/b13-10-. The molecule has 0 atom stereocenters. The van der Waals surface area contributed by atoms with Gasteiger partial charge in [0.05, 0.1) is 23.7 Å². The third-order valence-corrected chi connectivity index (χ3v) is 4.57. The summed E-state index contributed by atoms with van der Waals surface area (Å²) in [5.74, 6) is 0.333. The molecule has 0 bridgehead atoms. The number of nitrogens with zero attached hydrogens (tertiary/aromatic N) is 2. The maximum atomic E-state index is 12.4. The molecular weight excluding hydrogens is 454 g/mol. The van der Waals surface area contributed by atoms with Gasteiger partial charge < -0.3 is 14.5 Å². The zero-order chi connectivity index (χ0) is 21.7. The molecule has 0 spiro atoms. The van der Waals surface area contributed by atoms with Crippen molar-refractivity contribution in [2.45, 2.75) is 0 Å². The molecule has 3 rings (SSSR count). The van der Waals surface area contributed by atoms with Crippen molar-refractivity contribution < 1.29 is 18.9 Å². The number of hydrogen-bond acceptors (Lipinski definition) is 6. The smallest absolute Gasteiger partial charge is 0.273 e. The van der Waals surface area contributed by atoms with Crippen LogP contribution in [0.1, 0.15) is 5.76 Å². The SMILES string of the molecule is COc1cc([N+](=O)[O-])ccc1-c1ccc(/C=C(/C#N)C(=O)Nc2ccc(Br)cc2)o1. The third kappa shape index (κ3) is 4.74. The van der Waals surface area contributed by atoms with Crippen molar-refractivity contribution in [1.29, 1.82) is 5.26 Å². The van der Waals surface area contributed by atoms with E-state index in [4.69, 9.17) is 9.15 Å². The molecule has 30 heavy (non-hydrogen) atoms. The number of anilines is 1. The van der Waals surface area contributed by atoms with Crippen LogP contribution in [0.5, 0.6) is 5.75 Å². The molecule has 3 aromatic rings. The predicted octanol–water partition coefficient (Wildman–Crippen LogP) is 5.17. The van der Waals surface area contributed by atoms with Gasteiger partial charge in [-0.25, -0.2) is 0 Å². The van der Waals surface area contributed by atoms with Crippen molar-refractivity contribution >= 4 is 39.3 Å². The van der Waals surface area contributed by atoms with Gasteiger partial charge in [0.2, 0.25) is 0 Å². The van der Waals surface area contributed by atoms with Crippen LogP contribution in [-0.2, 0) is 4.79 Å². The molecule has 0 aliphatic carbocycles. The number of halogens is 1. The van der Waals surface area contributed by atoms with E-state index in [0.717, 1.165) is 4.47 Å². The van der Waals surface area contributed by atoms with Crippen LogP contribution in [0.15, 0.2) is 69.1 Å². The monoisotopic (exact) mass is 467 g/mol. The Morgan fingerprint density at radius 1 is 1.23 bits per heavy atom. The molecular formula is C21H14BrN3O5. The fourth-order valence-electron chi connectivity index (χ4n) is 2.59. The summed E-state index contributed by atoms with van der Waals surface area (Å²) in [5.41, 5.74) is 0.786. The number of benzene rings is 2. The molecule has 1 N–H and O–H groups in total. The summed E-state index contributed by atoms with van der Waals surface area (Å²) in [5, 5.41) is 22.9. The number of methoxy groups -OCH3 is 1. The van der Waals surface area contributed by atoms with Gasteiger partial charge in [0.1, 0.15) is 28.9 Å². The molecule has 150 valence electrons. The molecule has 9 heteroatoms. The summed E-state index contributed by atoms with van der Waals surface area (Å²) in [4.78, 5) is 22.8. The van der Waals surface area contributed by atoms with E-state index in [1.54, 1.807) is 36.4 Å². The maximum absolute atomic E-state index is 12.4. The van der Waals surface area contributed by atoms with Gasteiger partial charge in [-0.1, -0.05) is 15.9 Å². The lowest BCUT2D eigenvalue weighted by Gasteiger charge is -2.06. The van der Waals surface area contributed by atoms with Gasteiger partial charge in [-0.3, -0.25) is 14.9 Å². The number of carbonyl (C=O) groups is 1. The number of ether oxygens (including phenoxy) is 1. The second-order valence-electron chi connectivity index (χ2n) is 5.97. The van der Waals surface area contributed by atoms with E-state index in [1.165, 1.54) is 31.4 Å². The van der Waals surface area contributed by atoms with Gasteiger partial charge in [-0.2, -0.15) is 5.26 Å². The second-order valence-corrected chi connectivity index (χ2v) is 6.89. The minimum absolute atomic E-state index is 0.112. The Morgan fingerprint density at radius 2 is 1.97 bits per heavy atom. The normalized spacial score (nSPS) is 10.9. The molecule has 0 aliphatic rings. The number of furan rings is 1. The van der Waals surface area contributed by atoms with Crippen molar-refractivity contribution in [3.8, 4) is 23.1 Å². The lowest BCUT2D eigenvalue weighted by Crippen LogP contribution is -2.13. The first-order valence-corrected chi connectivity index (χ1v) is 9.32. The highest BCUT2D eigenvalue weighted by Gasteiger charge is 2.16. The van der Waals surface area contributed by atoms with Gasteiger partial charge in [0, 0.05) is 22.3 Å². The van der Waals surface area contributed by atoms with Crippen LogP contribution in [-0.4, -0.2) is 17.9 Å². The average Bonchev–Trinajstić information content (AvgIpc) is 3.21. The lowest BCUT2D eigenvalue weighted by atomic mass is 10.1. The number of nitro benzene ring substituents is 1. The minimum Gasteiger partial charge on any atom is -0.496 e. The molecule has 0 saturated carbocycles. The van der Waals surface area contributed by atoms with Gasteiger partial charge >= 0.3 is 0 Å². The second kappa shape index (κ2) is 9.07. The molecule has 1 amide bonds. The molecule has 1 heterocycles. The van der Waals surface area contributed by atoms with E-state index in [1.807, 2.05) is 6.07 Å². The van der Waals surface area contributed by atoms with Crippen LogP contribution in [0, 0.1) is 21.4 Å². The van der Waals surface area contributed by atoms with Crippen LogP contribution in [0.3, 0.4) is 0 Å². The van der Waals surface area contributed by atoms with Gasteiger partial charge in [-0.15, -0.1) is 0 Å². The highest BCUT2D eigenvalue weighted by Crippen LogP contribution is 2.34. The summed E-state index contributed by atoms with van der Waals surface area (Å²) in [6.45, 7) is 0. The highest BCUT2D eigenvalue weighted by molar-refractivity contribution is 9.10. The van der Waals surface area contributed by atoms with Crippen molar-refractivity contribution in [1.82, 2.24) is 0 Å². The van der Waals surface area contributed by atoms with Gasteiger partial charge in [0.15, 0.2) is 0 Å². The minimum atomic E-state index is -0.578. The van der Waals surface area contributed by atoms with Crippen LogP contribution in [0.25, 0.3) is 17.4 Å². The number of amides is 1. The van der Waals surface area contributed by atoms with Crippen molar-refractivity contribution in [2.75, 3.05) is 12.4 Å². The number of non-ortho nitro benzene ring substituents is 1.